The Hall–Kier alpha value is -2.21. The zero-order chi connectivity index (χ0) is 12.8. The highest BCUT2D eigenvalue weighted by Gasteiger charge is 2.06. The summed E-state index contributed by atoms with van der Waals surface area (Å²) >= 11 is 1.38. The van der Waals surface area contributed by atoms with Crippen LogP contribution < -0.4 is 5.32 Å². The van der Waals surface area contributed by atoms with Crippen molar-refractivity contribution in [1.29, 1.82) is 0 Å². The monoisotopic (exact) mass is 261 g/mol. The van der Waals surface area contributed by atoms with Gasteiger partial charge in [0.1, 0.15) is 7.11 Å². The van der Waals surface area contributed by atoms with E-state index in [-0.39, 0.29) is 5.91 Å². The Balaban J connectivity index is 2.05. The number of anilines is 1. The second kappa shape index (κ2) is 5.92. The second-order valence-electron chi connectivity index (χ2n) is 3.33. The van der Waals surface area contributed by atoms with Gasteiger partial charge in [0.05, 0.1) is 6.21 Å². The van der Waals surface area contributed by atoms with Crippen molar-refractivity contribution in [1.82, 2.24) is 4.98 Å². The molecule has 1 aromatic heterocycles. The Morgan fingerprint density at radius 1 is 1.44 bits per heavy atom. The van der Waals surface area contributed by atoms with Gasteiger partial charge in [-0.25, -0.2) is 4.98 Å². The quantitative estimate of drug-likeness (QED) is 0.679. The van der Waals surface area contributed by atoms with Crippen LogP contribution in [0, 0.1) is 0 Å². The first-order chi connectivity index (χ1) is 8.79. The van der Waals surface area contributed by atoms with Crippen LogP contribution in [0.2, 0.25) is 0 Å². The molecule has 0 atom stereocenters. The number of nitrogens with one attached hydrogen (secondary N) is 1. The first-order valence-corrected chi connectivity index (χ1v) is 6.05. The van der Waals surface area contributed by atoms with Crippen LogP contribution in [-0.4, -0.2) is 24.2 Å². The van der Waals surface area contributed by atoms with Crippen molar-refractivity contribution in [3.05, 3.63) is 47.0 Å². The van der Waals surface area contributed by atoms with Gasteiger partial charge < -0.3 is 4.84 Å². The summed E-state index contributed by atoms with van der Waals surface area (Å²) in [5.41, 5.74) is 1.43. The maximum Gasteiger partial charge on any atom is 0.257 e. The fourth-order valence-corrected chi connectivity index (χ4v) is 1.81. The predicted molar refractivity (Wildman–Crippen MR) is 71.1 cm³/mol. The van der Waals surface area contributed by atoms with Crippen LogP contribution in [0.15, 0.2) is 41.0 Å². The van der Waals surface area contributed by atoms with Gasteiger partial charge in [-0.3, -0.25) is 10.1 Å². The lowest BCUT2D eigenvalue weighted by Gasteiger charge is -2.01. The minimum absolute atomic E-state index is 0.180. The van der Waals surface area contributed by atoms with Crippen LogP contribution in [0.3, 0.4) is 0 Å². The van der Waals surface area contributed by atoms with E-state index in [0.717, 1.165) is 5.56 Å². The van der Waals surface area contributed by atoms with Crippen LogP contribution in [0.5, 0.6) is 0 Å². The van der Waals surface area contributed by atoms with Gasteiger partial charge in [0.2, 0.25) is 0 Å². The molecule has 1 aromatic carbocycles. The lowest BCUT2D eigenvalue weighted by atomic mass is 10.1. The summed E-state index contributed by atoms with van der Waals surface area (Å²) < 4.78 is 0. The summed E-state index contributed by atoms with van der Waals surface area (Å²) in [4.78, 5) is 20.4. The van der Waals surface area contributed by atoms with E-state index in [1.165, 1.54) is 18.4 Å². The molecule has 5 nitrogen and oxygen atoms in total. The van der Waals surface area contributed by atoms with Crippen LogP contribution in [0.4, 0.5) is 5.13 Å². The van der Waals surface area contributed by atoms with E-state index in [1.807, 2.05) is 0 Å². The van der Waals surface area contributed by atoms with Crippen molar-refractivity contribution < 1.29 is 9.63 Å². The van der Waals surface area contributed by atoms with Crippen molar-refractivity contribution in [3.63, 3.8) is 0 Å². The molecule has 0 aliphatic carbocycles. The maximum absolute atomic E-state index is 11.8. The molecule has 0 bridgehead atoms. The number of hydrogen-bond donors (Lipinski definition) is 1. The molecule has 1 heterocycles. The normalized spacial score (nSPS) is 10.5. The van der Waals surface area contributed by atoms with Gasteiger partial charge in [-0.2, -0.15) is 0 Å². The van der Waals surface area contributed by atoms with Gasteiger partial charge in [0.15, 0.2) is 5.13 Å². The van der Waals surface area contributed by atoms with Gasteiger partial charge in [-0.05, 0) is 17.7 Å². The van der Waals surface area contributed by atoms with E-state index in [9.17, 15) is 4.79 Å². The number of carbonyl (C=O) groups excluding carboxylic acids is 1. The van der Waals surface area contributed by atoms with Crippen molar-refractivity contribution in [2.45, 2.75) is 0 Å². The molecule has 2 rings (SSSR count). The molecule has 92 valence electrons. The standard InChI is InChI=1S/C12H11N3O2S/c1-17-14-8-9-2-4-10(5-3-9)11(16)15-12-13-6-7-18-12/h2-8H,1H3,(H,13,15,16)/b14-8+. The lowest BCUT2D eigenvalue weighted by molar-refractivity contribution is 0.102. The molecule has 0 fully saturated rings. The molecule has 0 radical (unpaired) electrons. The van der Waals surface area contributed by atoms with Gasteiger partial charge in [0, 0.05) is 17.1 Å². The second-order valence-corrected chi connectivity index (χ2v) is 4.23. The third-order valence-electron chi connectivity index (χ3n) is 2.13. The number of nitrogens with zero attached hydrogens (tertiary/aromatic N) is 2. The van der Waals surface area contributed by atoms with E-state index < -0.39 is 0 Å². The number of hydrogen-bond acceptors (Lipinski definition) is 5. The number of thiazole rings is 1. The van der Waals surface area contributed by atoms with Gasteiger partial charge in [-0.15, -0.1) is 11.3 Å². The minimum Gasteiger partial charge on any atom is -0.399 e. The zero-order valence-corrected chi connectivity index (χ0v) is 10.5. The minimum atomic E-state index is -0.180. The van der Waals surface area contributed by atoms with Crippen molar-refractivity contribution in [2.75, 3.05) is 12.4 Å². The molecular weight excluding hydrogens is 250 g/mol. The zero-order valence-electron chi connectivity index (χ0n) is 9.66. The van der Waals surface area contributed by atoms with E-state index in [0.29, 0.717) is 10.7 Å². The largest absolute Gasteiger partial charge is 0.399 e. The van der Waals surface area contributed by atoms with Crippen molar-refractivity contribution >= 4 is 28.6 Å². The summed E-state index contributed by atoms with van der Waals surface area (Å²) in [6.45, 7) is 0. The topological polar surface area (TPSA) is 63.6 Å². The van der Waals surface area contributed by atoms with E-state index in [4.69, 9.17) is 0 Å². The summed E-state index contributed by atoms with van der Waals surface area (Å²) in [6.07, 6.45) is 3.22. The van der Waals surface area contributed by atoms with Gasteiger partial charge in [0.25, 0.3) is 5.91 Å². The van der Waals surface area contributed by atoms with Crippen LogP contribution in [-0.2, 0) is 4.84 Å². The van der Waals surface area contributed by atoms with Crippen molar-refractivity contribution in [3.8, 4) is 0 Å². The third-order valence-corrected chi connectivity index (χ3v) is 2.82. The van der Waals surface area contributed by atoms with E-state index >= 15 is 0 Å². The lowest BCUT2D eigenvalue weighted by Crippen LogP contribution is -2.11. The average Bonchev–Trinajstić information content (AvgIpc) is 2.89. The molecule has 6 heteroatoms. The highest BCUT2D eigenvalue weighted by Crippen LogP contribution is 2.12. The molecule has 0 unspecified atom stereocenters. The van der Waals surface area contributed by atoms with Gasteiger partial charge in [-0.1, -0.05) is 17.3 Å². The van der Waals surface area contributed by atoms with Crippen LogP contribution >= 0.6 is 11.3 Å². The molecular formula is C12H11N3O2S. The fourth-order valence-electron chi connectivity index (χ4n) is 1.29. The molecule has 0 aliphatic heterocycles. The number of oxime groups is 1. The summed E-state index contributed by atoms with van der Waals surface area (Å²) in [7, 11) is 1.48. The third kappa shape index (κ3) is 3.14. The van der Waals surface area contributed by atoms with Gasteiger partial charge >= 0.3 is 0 Å². The number of amides is 1. The Labute approximate surface area is 108 Å². The van der Waals surface area contributed by atoms with Crippen molar-refractivity contribution in [2.24, 2.45) is 5.16 Å². The Morgan fingerprint density at radius 2 is 2.22 bits per heavy atom. The summed E-state index contributed by atoms with van der Waals surface area (Å²) in [6, 6.07) is 7.03. The van der Waals surface area contributed by atoms with Crippen LogP contribution in [0.1, 0.15) is 15.9 Å². The summed E-state index contributed by atoms with van der Waals surface area (Å²) in [5, 5.41) is 8.75. The molecule has 2 aromatic rings. The Morgan fingerprint density at radius 3 is 2.83 bits per heavy atom. The number of benzene rings is 1. The number of rotatable bonds is 4. The highest BCUT2D eigenvalue weighted by molar-refractivity contribution is 7.13. The maximum atomic E-state index is 11.8. The van der Waals surface area contributed by atoms with E-state index in [1.54, 1.807) is 42.1 Å². The molecule has 1 amide bonds. The van der Waals surface area contributed by atoms with Crippen LogP contribution in [0.25, 0.3) is 0 Å². The summed E-state index contributed by atoms with van der Waals surface area (Å²) in [5.74, 6) is -0.180. The molecule has 0 saturated heterocycles. The number of aromatic nitrogens is 1. The molecule has 18 heavy (non-hydrogen) atoms. The fraction of sp³-hybridized carbons (Fsp3) is 0.0833. The highest BCUT2D eigenvalue weighted by atomic mass is 32.1. The Kier molecular flexibility index (Phi) is 4.03. The molecule has 0 spiro atoms. The first kappa shape index (κ1) is 12.3. The molecule has 0 aliphatic rings. The Bertz CT molecular complexity index is 535. The number of carbonyl (C=O) groups is 1. The smallest absolute Gasteiger partial charge is 0.257 e. The molecule has 0 saturated carbocycles. The van der Waals surface area contributed by atoms with E-state index in [2.05, 4.69) is 20.3 Å². The molecule has 1 N–H and O–H groups in total. The first-order valence-electron chi connectivity index (χ1n) is 5.17. The average molecular weight is 261 g/mol. The predicted octanol–water partition coefficient (Wildman–Crippen LogP) is 2.38. The SMILES string of the molecule is CO/N=C/c1ccc(C(=O)Nc2nccs2)cc1.